The minimum atomic E-state index is -0.329. The second kappa shape index (κ2) is 9.11. The highest BCUT2D eigenvalue weighted by Crippen LogP contribution is 2.34. The van der Waals surface area contributed by atoms with Crippen molar-refractivity contribution in [1.82, 2.24) is 34.3 Å². The van der Waals surface area contributed by atoms with Crippen LogP contribution in [0.5, 0.6) is 0 Å². The monoisotopic (exact) mass is 502 g/mol. The van der Waals surface area contributed by atoms with Crippen molar-refractivity contribution >= 4 is 27.9 Å². The van der Waals surface area contributed by atoms with Crippen LogP contribution in [0.25, 0.3) is 33.5 Å². The summed E-state index contributed by atoms with van der Waals surface area (Å²) in [5.74, 6) is 1.81. The second-order valence-corrected chi connectivity index (χ2v) is 10.0. The van der Waals surface area contributed by atoms with Crippen LogP contribution in [0.2, 0.25) is 0 Å². The van der Waals surface area contributed by atoms with Crippen LogP contribution in [-0.4, -0.2) is 86.3 Å². The Morgan fingerprint density at radius 2 is 1.97 bits per heavy atom. The van der Waals surface area contributed by atoms with Gasteiger partial charge in [0, 0.05) is 62.4 Å². The predicted octanol–water partition coefficient (Wildman–Crippen LogP) is 3.37. The van der Waals surface area contributed by atoms with E-state index in [-0.39, 0.29) is 5.82 Å². The third-order valence-electron chi connectivity index (χ3n) is 7.87. The summed E-state index contributed by atoms with van der Waals surface area (Å²) in [6.07, 6.45) is 7.43. The lowest BCUT2D eigenvalue weighted by molar-refractivity contribution is 0.114. The molecule has 3 aliphatic heterocycles. The number of imidazole rings is 1. The molecule has 4 aromatic rings. The van der Waals surface area contributed by atoms with Gasteiger partial charge in [-0.2, -0.15) is 0 Å². The molecule has 6 heterocycles. The first-order chi connectivity index (χ1) is 18.2. The Bertz CT molecular complexity index is 1490. The number of hydrogen-bond donors (Lipinski definition) is 1. The Labute approximate surface area is 214 Å². The second-order valence-electron chi connectivity index (χ2n) is 10.0. The van der Waals surface area contributed by atoms with Gasteiger partial charge in [0.1, 0.15) is 11.6 Å². The fourth-order valence-electron chi connectivity index (χ4n) is 5.96. The molecule has 192 valence electrons. The summed E-state index contributed by atoms with van der Waals surface area (Å²) in [5, 5.41) is 0.776. The largest absolute Gasteiger partial charge is 0.378 e. The molecule has 0 unspecified atom stereocenters. The number of rotatable bonds is 5. The number of fused-ring (bicyclic) bond motifs is 3. The zero-order valence-corrected chi connectivity index (χ0v) is 21.0. The number of H-pyrrole nitrogens is 1. The normalized spacial score (nSPS) is 20.4. The molecule has 37 heavy (non-hydrogen) atoms. The number of aromatic nitrogens is 5. The molecule has 10 heteroatoms. The lowest BCUT2D eigenvalue weighted by Gasteiger charge is -2.38. The average Bonchev–Trinajstić information content (AvgIpc) is 3.66. The van der Waals surface area contributed by atoms with Crippen LogP contribution in [0.1, 0.15) is 19.2 Å². The summed E-state index contributed by atoms with van der Waals surface area (Å²) < 4.78 is 23.1. The highest BCUT2D eigenvalue weighted by Gasteiger charge is 2.29. The van der Waals surface area contributed by atoms with Gasteiger partial charge in [-0.1, -0.05) is 6.08 Å². The molecule has 1 aromatic carbocycles. The minimum absolute atomic E-state index is 0.329. The van der Waals surface area contributed by atoms with E-state index in [0.29, 0.717) is 43.7 Å². The third-order valence-corrected chi connectivity index (χ3v) is 7.87. The van der Waals surface area contributed by atoms with Gasteiger partial charge in [-0.3, -0.25) is 4.90 Å². The maximum absolute atomic E-state index is 15.3. The van der Waals surface area contributed by atoms with Crippen LogP contribution in [-0.2, 0) is 17.8 Å². The maximum Gasteiger partial charge on any atom is 0.167 e. The number of morpholine rings is 1. The van der Waals surface area contributed by atoms with Crippen molar-refractivity contribution in [3.05, 3.63) is 48.3 Å². The van der Waals surface area contributed by atoms with Gasteiger partial charge < -0.3 is 24.1 Å². The van der Waals surface area contributed by atoms with E-state index in [1.807, 2.05) is 12.3 Å². The van der Waals surface area contributed by atoms with Crippen LogP contribution in [0.4, 0.5) is 10.2 Å². The summed E-state index contributed by atoms with van der Waals surface area (Å²) in [5.41, 5.74) is 2.83. The van der Waals surface area contributed by atoms with Gasteiger partial charge in [0.2, 0.25) is 0 Å². The molecule has 1 atom stereocenters. The van der Waals surface area contributed by atoms with Crippen molar-refractivity contribution in [2.24, 2.45) is 0 Å². The van der Waals surface area contributed by atoms with Crippen molar-refractivity contribution in [2.45, 2.75) is 32.5 Å². The summed E-state index contributed by atoms with van der Waals surface area (Å²) in [6.45, 7) is 9.36. The molecule has 2 fully saturated rings. The number of nitrogens with one attached hydrogen (secondary N) is 1. The van der Waals surface area contributed by atoms with Crippen LogP contribution in [0, 0.1) is 5.82 Å². The summed E-state index contributed by atoms with van der Waals surface area (Å²) >= 11 is 0. The summed E-state index contributed by atoms with van der Waals surface area (Å²) in [4.78, 5) is 25.4. The highest BCUT2D eigenvalue weighted by molar-refractivity contribution is 5.95. The van der Waals surface area contributed by atoms with E-state index >= 15 is 4.39 Å². The van der Waals surface area contributed by atoms with Crippen LogP contribution in [0.3, 0.4) is 0 Å². The first-order valence-corrected chi connectivity index (χ1v) is 13.2. The average molecular weight is 503 g/mol. The van der Waals surface area contributed by atoms with Crippen molar-refractivity contribution < 1.29 is 9.13 Å². The van der Waals surface area contributed by atoms with Crippen molar-refractivity contribution in [2.75, 3.05) is 50.8 Å². The minimum Gasteiger partial charge on any atom is -0.378 e. The maximum atomic E-state index is 15.3. The van der Waals surface area contributed by atoms with Crippen LogP contribution >= 0.6 is 0 Å². The number of piperazine rings is 1. The number of aromatic amines is 1. The molecule has 1 N–H and O–H groups in total. The van der Waals surface area contributed by atoms with E-state index in [9.17, 15) is 0 Å². The zero-order chi connectivity index (χ0) is 24.9. The Balaban J connectivity index is 1.35. The smallest absolute Gasteiger partial charge is 0.167 e. The lowest BCUT2D eigenvalue weighted by Crippen LogP contribution is -2.48. The van der Waals surface area contributed by atoms with Gasteiger partial charge in [0.05, 0.1) is 25.3 Å². The quantitative estimate of drug-likeness (QED) is 0.448. The highest BCUT2D eigenvalue weighted by atomic mass is 19.1. The number of hydrogen-bond acceptors (Lipinski definition) is 7. The molecule has 0 aliphatic carbocycles. The number of benzene rings is 1. The van der Waals surface area contributed by atoms with E-state index < -0.39 is 0 Å². The van der Waals surface area contributed by atoms with Crippen molar-refractivity contribution in [1.29, 1.82) is 0 Å². The first-order valence-electron chi connectivity index (χ1n) is 13.2. The molecule has 0 radical (unpaired) electrons. The first kappa shape index (κ1) is 22.7. The Kier molecular flexibility index (Phi) is 5.58. The third kappa shape index (κ3) is 3.86. The van der Waals surface area contributed by atoms with Gasteiger partial charge in [-0.25, -0.2) is 19.3 Å². The van der Waals surface area contributed by atoms with E-state index in [1.54, 1.807) is 6.07 Å². The Morgan fingerprint density at radius 3 is 2.84 bits per heavy atom. The molecular formula is C27H31FN8O. The van der Waals surface area contributed by atoms with Gasteiger partial charge in [0.25, 0.3) is 0 Å². The van der Waals surface area contributed by atoms with Crippen molar-refractivity contribution in [3.63, 3.8) is 0 Å². The standard InChI is InChI=1S/C27H31FN8O/c1-2-36-22(17-33-10-11-34-9-3-4-18(34)16-33)30-24-26(35-12-14-37-15-13-35)31-25(32-27(24)36)23-19-7-8-29-21(19)6-5-20(23)28/h3,5-9,18,29H,2,4,10-17H2,1H3/t18-/m0/s1. The molecule has 0 bridgehead atoms. The number of anilines is 1. The van der Waals surface area contributed by atoms with Gasteiger partial charge in [0.15, 0.2) is 22.8 Å². The Morgan fingerprint density at radius 1 is 1.08 bits per heavy atom. The number of ether oxygens (including phenoxy) is 1. The topological polar surface area (TPSA) is 78.3 Å². The lowest BCUT2D eigenvalue weighted by atomic mass is 10.1. The summed E-state index contributed by atoms with van der Waals surface area (Å²) in [6, 6.07) is 5.67. The van der Waals surface area contributed by atoms with E-state index in [4.69, 9.17) is 19.7 Å². The summed E-state index contributed by atoms with van der Waals surface area (Å²) in [7, 11) is 0. The molecule has 7 rings (SSSR count). The zero-order valence-electron chi connectivity index (χ0n) is 21.0. The van der Waals surface area contributed by atoms with Crippen molar-refractivity contribution in [3.8, 4) is 11.4 Å². The van der Waals surface area contributed by atoms with Gasteiger partial charge >= 0.3 is 0 Å². The van der Waals surface area contributed by atoms with Gasteiger partial charge in [-0.05, 0) is 37.7 Å². The van der Waals surface area contributed by atoms with E-state index in [1.165, 1.54) is 6.07 Å². The number of aryl methyl sites for hydroxylation is 1. The molecule has 0 saturated carbocycles. The molecule has 9 nitrogen and oxygen atoms in total. The molecule has 0 spiro atoms. The molecular weight excluding hydrogens is 471 g/mol. The molecule has 3 aliphatic rings. The molecule has 2 saturated heterocycles. The van der Waals surface area contributed by atoms with E-state index in [0.717, 1.165) is 72.9 Å². The van der Waals surface area contributed by atoms with E-state index in [2.05, 4.69) is 43.5 Å². The molecule has 3 aromatic heterocycles. The fraction of sp³-hybridized carbons (Fsp3) is 0.444. The number of nitrogens with zero attached hydrogens (tertiary/aromatic N) is 7. The number of halogens is 1. The van der Waals surface area contributed by atoms with Crippen LogP contribution < -0.4 is 4.90 Å². The fourth-order valence-corrected chi connectivity index (χ4v) is 5.96. The Hall–Kier alpha value is -3.50. The van der Waals surface area contributed by atoms with Gasteiger partial charge in [-0.15, -0.1) is 0 Å². The SMILES string of the molecule is CCn1c(CN2CCN3C=CC[C@H]3C2)nc2c(N3CCOCC3)nc(-c3c(F)ccc4[nH]ccc34)nc21. The predicted molar refractivity (Wildman–Crippen MR) is 141 cm³/mol. The molecule has 0 amide bonds. The van der Waals surface area contributed by atoms with Crippen LogP contribution in [0.15, 0.2) is 36.7 Å².